The number of rotatable bonds is 4. The molecule has 7 heteroatoms. The summed E-state index contributed by atoms with van der Waals surface area (Å²) in [6, 6.07) is 11.4. The number of sulfonamides is 1. The number of likely N-dealkylation sites (N-methyl/N-ethyl adjacent to an activating group) is 1. The molecule has 29 heavy (non-hydrogen) atoms. The Labute approximate surface area is 172 Å². The molecular formula is C22H26N4O2S. The molecule has 3 aromatic rings. The van der Waals surface area contributed by atoms with E-state index in [0.717, 1.165) is 40.3 Å². The average molecular weight is 411 g/mol. The second-order valence-corrected chi connectivity index (χ2v) is 9.35. The third-order valence-corrected chi connectivity index (χ3v) is 7.50. The van der Waals surface area contributed by atoms with Crippen molar-refractivity contribution in [1.29, 1.82) is 0 Å². The van der Waals surface area contributed by atoms with E-state index >= 15 is 0 Å². The van der Waals surface area contributed by atoms with E-state index in [0.29, 0.717) is 18.0 Å². The molecule has 2 aromatic carbocycles. The van der Waals surface area contributed by atoms with Crippen molar-refractivity contribution in [1.82, 2.24) is 9.55 Å². The topological polar surface area (TPSA) is 58.4 Å². The summed E-state index contributed by atoms with van der Waals surface area (Å²) in [5.41, 5.74) is 5.31. The Morgan fingerprint density at radius 3 is 2.55 bits per heavy atom. The van der Waals surface area contributed by atoms with Crippen LogP contribution in [0.4, 0.5) is 11.4 Å². The number of para-hydroxylation sites is 1. The van der Waals surface area contributed by atoms with Gasteiger partial charge >= 0.3 is 0 Å². The number of benzene rings is 2. The fraction of sp³-hybridized carbons (Fsp3) is 0.318. The molecular weight excluding hydrogens is 384 g/mol. The van der Waals surface area contributed by atoms with Gasteiger partial charge in [0.15, 0.2) is 0 Å². The Bertz CT molecular complexity index is 1170. The van der Waals surface area contributed by atoms with Gasteiger partial charge in [-0.05, 0) is 55.7 Å². The van der Waals surface area contributed by atoms with Gasteiger partial charge < -0.3 is 9.47 Å². The lowest BCUT2D eigenvalue weighted by molar-refractivity contribution is 0.588. The number of aryl methyl sites for hydroxylation is 3. The predicted octanol–water partition coefficient (Wildman–Crippen LogP) is 3.70. The largest absolute Gasteiger partial charge is 0.371 e. The molecule has 4 rings (SSSR count). The maximum absolute atomic E-state index is 13.6. The lowest BCUT2D eigenvalue weighted by Gasteiger charge is -2.37. The van der Waals surface area contributed by atoms with E-state index in [1.807, 2.05) is 62.0 Å². The molecule has 0 saturated carbocycles. The van der Waals surface area contributed by atoms with Crippen molar-refractivity contribution in [2.45, 2.75) is 32.1 Å². The first-order valence-corrected chi connectivity index (χ1v) is 11.2. The van der Waals surface area contributed by atoms with Crippen molar-refractivity contribution in [3.63, 3.8) is 0 Å². The minimum atomic E-state index is -3.67. The van der Waals surface area contributed by atoms with Gasteiger partial charge in [-0.1, -0.05) is 19.1 Å². The first-order chi connectivity index (χ1) is 13.8. The summed E-state index contributed by atoms with van der Waals surface area (Å²) in [7, 11) is -1.67. The van der Waals surface area contributed by atoms with Crippen LogP contribution in [0.2, 0.25) is 0 Å². The quantitative estimate of drug-likeness (QED) is 0.658. The van der Waals surface area contributed by atoms with Gasteiger partial charge in [0.05, 0.1) is 34.8 Å². The summed E-state index contributed by atoms with van der Waals surface area (Å²) in [5, 5.41) is 0. The summed E-state index contributed by atoms with van der Waals surface area (Å²) in [5.74, 6) is 0. The SMILES string of the molecule is CCc1cn(-c2ccc(S(=O)(=O)N3CCN(C)c4cccc(C)c43)c(C)c2)cn1. The lowest BCUT2D eigenvalue weighted by Crippen LogP contribution is -2.43. The molecule has 0 unspecified atom stereocenters. The van der Waals surface area contributed by atoms with Gasteiger partial charge in [0.25, 0.3) is 10.0 Å². The van der Waals surface area contributed by atoms with E-state index in [9.17, 15) is 8.42 Å². The Balaban J connectivity index is 1.76. The summed E-state index contributed by atoms with van der Waals surface area (Å²) in [6.07, 6.45) is 4.60. The first kappa shape index (κ1) is 19.5. The number of hydrogen-bond donors (Lipinski definition) is 0. The molecule has 1 aliphatic heterocycles. The zero-order chi connectivity index (χ0) is 20.8. The number of aromatic nitrogens is 2. The smallest absolute Gasteiger partial charge is 0.264 e. The zero-order valence-electron chi connectivity index (χ0n) is 17.3. The molecule has 0 aliphatic carbocycles. The second kappa shape index (κ2) is 7.22. The molecule has 1 aliphatic rings. The highest BCUT2D eigenvalue weighted by atomic mass is 32.2. The van der Waals surface area contributed by atoms with Crippen LogP contribution in [0.5, 0.6) is 0 Å². The van der Waals surface area contributed by atoms with Gasteiger partial charge in [-0.15, -0.1) is 0 Å². The van der Waals surface area contributed by atoms with Crippen LogP contribution in [0.3, 0.4) is 0 Å². The van der Waals surface area contributed by atoms with Crippen LogP contribution in [0.1, 0.15) is 23.7 Å². The van der Waals surface area contributed by atoms with Gasteiger partial charge in [-0.3, -0.25) is 4.31 Å². The van der Waals surface area contributed by atoms with Crippen LogP contribution in [-0.4, -0.2) is 38.1 Å². The highest BCUT2D eigenvalue weighted by molar-refractivity contribution is 7.93. The van der Waals surface area contributed by atoms with Crippen LogP contribution in [0, 0.1) is 13.8 Å². The van der Waals surface area contributed by atoms with Crippen molar-refractivity contribution < 1.29 is 8.42 Å². The third kappa shape index (κ3) is 3.29. The molecule has 0 bridgehead atoms. The Hall–Kier alpha value is -2.80. The van der Waals surface area contributed by atoms with Gasteiger partial charge in [0, 0.05) is 25.5 Å². The van der Waals surface area contributed by atoms with E-state index in [1.165, 1.54) is 0 Å². The van der Waals surface area contributed by atoms with Crippen molar-refractivity contribution in [2.24, 2.45) is 0 Å². The molecule has 1 aromatic heterocycles. The molecule has 0 radical (unpaired) electrons. The monoisotopic (exact) mass is 410 g/mol. The van der Waals surface area contributed by atoms with Crippen molar-refractivity contribution in [2.75, 3.05) is 29.3 Å². The molecule has 0 saturated heterocycles. The number of hydrogen-bond acceptors (Lipinski definition) is 4. The van der Waals surface area contributed by atoms with E-state index in [1.54, 1.807) is 16.7 Å². The Morgan fingerprint density at radius 1 is 1.07 bits per heavy atom. The normalized spacial score (nSPS) is 14.2. The van der Waals surface area contributed by atoms with Crippen molar-refractivity contribution in [3.8, 4) is 5.69 Å². The summed E-state index contributed by atoms with van der Waals surface area (Å²) in [4.78, 5) is 6.81. The Morgan fingerprint density at radius 2 is 1.86 bits per heavy atom. The van der Waals surface area contributed by atoms with E-state index in [2.05, 4.69) is 16.8 Å². The van der Waals surface area contributed by atoms with Gasteiger partial charge in [0.2, 0.25) is 0 Å². The molecule has 0 spiro atoms. The number of fused-ring (bicyclic) bond motifs is 1. The number of nitrogens with zero attached hydrogens (tertiary/aromatic N) is 4. The van der Waals surface area contributed by atoms with Gasteiger partial charge in [-0.2, -0.15) is 0 Å². The number of imidazole rings is 1. The van der Waals surface area contributed by atoms with Crippen LogP contribution >= 0.6 is 0 Å². The Kier molecular flexibility index (Phi) is 4.86. The molecule has 152 valence electrons. The van der Waals surface area contributed by atoms with Crippen LogP contribution in [0.15, 0.2) is 53.8 Å². The fourth-order valence-electron chi connectivity index (χ4n) is 3.88. The van der Waals surface area contributed by atoms with Crippen molar-refractivity contribution in [3.05, 3.63) is 65.7 Å². The van der Waals surface area contributed by atoms with Crippen molar-refractivity contribution >= 4 is 21.4 Å². The average Bonchev–Trinajstić information content (AvgIpc) is 3.18. The van der Waals surface area contributed by atoms with E-state index in [-0.39, 0.29) is 0 Å². The highest BCUT2D eigenvalue weighted by Crippen LogP contribution is 2.38. The minimum Gasteiger partial charge on any atom is -0.371 e. The van der Waals surface area contributed by atoms with E-state index < -0.39 is 10.0 Å². The summed E-state index contributed by atoms with van der Waals surface area (Å²) in [6.45, 7) is 6.95. The summed E-state index contributed by atoms with van der Waals surface area (Å²) < 4.78 is 30.7. The fourth-order valence-corrected chi connectivity index (χ4v) is 5.62. The molecule has 0 fully saturated rings. The maximum Gasteiger partial charge on any atom is 0.264 e. The van der Waals surface area contributed by atoms with Gasteiger partial charge in [-0.25, -0.2) is 13.4 Å². The maximum atomic E-state index is 13.6. The molecule has 0 atom stereocenters. The third-order valence-electron chi connectivity index (χ3n) is 5.54. The predicted molar refractivity (Wildman–Crippen MR) is 117 cm³/mol. The highest BCUT2D eigenvalue weighted by Gasteiger charge is 2.33. The molecule has 6 nitrogen and oxygen atoms in total. The minimum absolute atomic E-state index is 0.343. The molecule has 0 N–H and O–H groups in total. The molecule has 2 heterocycles. The van der Waals surface area contributed by atoms with E-state index in [4.69, 9.17) is 0 Å². The lowest BCUT2D eigenvalue weighted by atomic mass is 10.1. The standard InChI is InChI=1S/C22H26N4O2S/c1-5-18-14-25(15-23-18)19-9-10-21(17(3)13-19)29(27,28)26-12-11-24(4)20-8-6-7-16(2)22(20)26/h6-10,13-15H,5,11-12H2,1-4H3. The van der Waals surface area contributed by atoms with Gasteiger partial charge in [0.1, 0.15) is 0 Å². The zero-order valence-corrected chi connectivity index (χ0v) is 18.1. The molecule has 0 amide bonds. The first-order valence-electron chi connectivity index (χ1n) is 9.80. The second-order valence-electron chi connectivity index (χ2n) is 7.52. The van der Waals surface area contributed by atoms with Crippen LogP contribution in [-0.2, 0) is 16.4 Å². The van der Waals surface area contributed by atoms with Crippen LogP contribution in [0.25, 0.3) is 5.69 Å². The number of anilines is 2. The summed E-state index contributed by atoms with van der Waals surface area (Å²) >= 11 is 0. The van der Waals surface area contributed by atoms with Crippen LogP contribution < -0.4 is 9.21 Å².